The van der Waals surface area contributed by atoms with Crippen molar-refractivity contribution in [3.8, 4) is 11.5 Å². The summed E-state index contributed by atoms with van der Waals surface area (Å²) in [6, 6.07) is 5.59. The third-order valence-electron chi connectivity index (χ3n) is 2.79. The molecule has 0 aromatic heterocycles. The highest BCUT2D eigenvalue weighted by molar-refractivity contribution is 5.72. The van der Waals surface area contributed by atoms with Gasteiger partial charge in [-0.25, -0.2) is 4.79 Å². The molecule has 0 heterocycles. The van der Waals surface area contributed by atoms with Gasteiger partial charge < -0.3 is 19.7 Å². The number of ether oxygens (including phenoxy) is 2. The van der Waals surface area contributed by atoms with Crippen molar-refractivity contribution >= 4 is 6.09 Å². The molecule has 0 aliphatic rings. The monoisotopic (exact) mass is 308 g/mol. The lowest BCUT2D eigenvalue weighted by molar-refractivity contribution is 0.187. The fourth-order valence-corrected chi connectivity index (χ4v) is 1.81. The molecule has 0 fully saturated rings. The van der Waals surface area contributed by atoms with Gasteiger partial charge in [-0.15, -0.1) is 0 Å². The van der Waals surface area contributed by atoms with Crippen molar-refractivity contribution in [3.63, 3.8) is 0 Å². The maximum Gasteiger partial charge on any atom is 0.413 e. The average molecular weight is 308 g/mol. The number of rotatable bonds is 6. The Morgan fingerprint density at radius 1 is 1.23 bits per heavy atom. The lowest BCUT2D eigenvalue weighted by atomic mass is 10.1. The molecule has 5 heteroatoms. The summed E-state index contributed by atoms with van der Waals surface area (Å²) in [5.41, 5.74) is 0.674. The van der Waals surface area contributed by atoms with Gasteiger partial charge in [0.15, 0.2) is 11.5 Å². The Hall–Kier alpha value is -1.75. The molecular weight excluding hydrogens is 280 g/mol. The second-order valence-electron chi connectivity index (χ2n) is 6.72. The van der Waals surface area contributed by atoms with Gasteiger partial charge in [-0.3, -0.25) is 0 Å². The summed E-state index contributed by atoms with van der Waals surface area (Å²) in [7, 11) is 4.05. The van der Waals surface area contributed by atoms with Crippen LogP contribution in [0.5, 0.6) is 11.5 Å². The van der Waals surface area contributed by atoms with Crippen LogP contribution >= 0.6 is 0 Å². The third kappa shape index (κ3) is 7.31. The van der Waals surface area contributed by atoms with Crippen molar-refractivity contribution in [2.45, 2.75) is 39.7 Å². The van der Waals surface area contributed by atoms with Gasteiger partial charge in [0.2, 0.25) is 0 Å². The Morgan fingerprint density at radius 3 is 2.50 bits per heavy atom. The van der Waals surface area contributed by atoms with Gasteiger partial charge in [0.25, 0.3) is 0 Å². The number of carbonyl (C=O) groups excluding carboxylic acids is 1. The SMILES string of the molecule is Cc1ccc(OCCCN(C)C)c(OC(=O)NC(C)(C)C)c1. The summed E-state index contributed by atoms with van der Waals surface area (Å²) >= 11 is 0. The largest absolute Gasteiger partial charge is 0.490 e. The van der Waals surface area contributed by atoms with Crippen molar-refractivity contribution in [3.05, 3.63) is 23.8 Å². The molecule has 22 heavy (non-hydrogen) atoms. The van der Waals surface area contributed by atoms with Gasteiger partial charge in [-0.05, 0) is 65.9 Å². The Morgan fingerprint density at radius 2 is 1.91 bits per heavy atom. The highest BCUT2D eigenvalue weighted by Crippen LogP contribution is 2.28. The topological polar surface area (TPSA) is 50.8 Å². The second-order valence-corrected chi connectivity index (χ2v) is 6.72. The normalized spacial score (nSPS) is 11.4. The minimum Gasteiger partial charge on any atom is -0.490 e. The molecule has 0 atom stereocenters. The van der Waals surface area contributed by atoms with E-state index in [0.29, 0.717) is 18.1 Å². The van der Waals surface area contributed by atoms with Crippen LogP contribution in [0, 0.1) is 6.92 Å². The Labute approximate surface area is 133 Å². The summed E-state index contributed by atoms with van der Waals surface area (Å²) in [4.78, 5) is 14.0. The fourth-order valence-electron chi connectivity index (χ4n) is 1.81. The number of hydrogen-bond donors (Lipinski definition) is 1. The van der Waals surface area contributed by atoms with E-state index in [1.165, 1.54) is 0 Å². The van der Waals surface area contributed by atoms with Crippen LogP contribution in [0.1, 0.15) is 32.8 Å². The van der Waals surface area contributed by atoms with Gasteiger partial charge in [-0.2, -0.15) is 0 Å². The van der Waals surface area contributed by atoms with Crippen LogP contribution in [-0.4, -0.2) is 43.8 Å². The highest BCUT2D eigenvalue weighted by atomic mass is 16.6. The summed E-state index contributed by atoms with van der Waals surface area (Å²) < 4.78 is 11.1. The van der Waals surface area contributed by atoms with E-state index in [1.54, 1.807) is 0 Å². The average Bonchev–Trinajstić information content (AvgIpc) is 2.34. The first-order valence-electron chi connectivity index (χ1n) is 7.55. The van der Waals surface area contributed by atoms with E-state index in [1.807, 2.05) is 60.0 Å². The van der Waals surface area contributed by atoms with Gasteiger partial charge in [0, 0.05) is 12.1 Å². The van der Waals surface area contributed by atoms with Crippen molar-refractivity contribution in [1.82, 2.24) is 10.2 Å². The van der Waals surface area contributed by atoms with Crippen LogP contribution in [0.4, 0.5) is 4.79 Å². The number of carbonyl (C=O) groups is 1. The second kappa shape index (κ2) is 8.03. The maximum absolute atomic E-state index is 11.9. The van der Waals surface area contributed by atoms with Gasteiger partial charge in [-0.1, -0.05) is 6.07 Å². The zero-order chi connectivity index (χ0) is 16.8. The number of aryl methyl sites for hydroxylation is 1. The minimum absolute atomic E-state index is 0.340. The molecule has 0 radical (unpaired) electrons. The first kappa shape index (κ1) is 18.3. The van der Waals surface area contributed by atoms with E-state index in [2.05, 4.69) is 10.2 Å². The molecule has 0 aliphatic heterocycles. The predicted molar refractivity (Wildman–Crippen MR) is 88.8 cm³/mol. The lowest BCUT2D eigenvalue weighted by Gasteiger charge is -2.20. The van der Waals surface area contributed by atoms with Crippen LogP contribution < -0.4 is 14.8 Å². The summed E-state index contributed by atoms with van der Waals surface area (Å²) in [6.07, 6.45) is 0.436. The molecule has 0 aliphatic carbocycles. The molecule has 1 N–H and O–H groups in total. The van der Waals surface area contributed by atoms with Crippen molar-refractivity contribution in [2.24, 2.45) is 0 Å². The third-order valence-corrected chi connectivity index (χ3v) is 2.79. The standard InChI is InChI=1S/C17H28N2O3/c1-13-8-9-14(21-11-7-10-19(5)6)15(12-13)22-16(20)18-17(2,3)4/h8-9,12H,7,10-11H2,1-6H3,(H,18,20). The molecule has 5 nitrogen and oxygen atoms in total. The van der Waals surface area contributed by atoms with Gasteiger partial charge in [0.1, 0.15) is 0 Å². The van der Waals surface area contributed by atoms with Crippen LogP contribution in [0.15, 0.2) is 18.2 Å². The maximum atomic E-state index is 11.9. The van der Waals surface area contributed by atoms with E-state index in [0.717, 1.165) is 18.5 Å². The zero-order valence-corrected chi connectivity index (χ0v) is 14.5. The Balaban J connectivity index is 2.68. The van der Waals surface area contributed by atoms with Crippen molar-refractivity contribution in [1.29, 1.82) is 0 Å². The lowest BCUT2D eigenvalue weighted by Crippen LogP contribution is -2.42. The molecule has 1 amide bonds. The van der Waals surface area contributed by atoms with Crippen LogP contribution in [0.25, 0.3) is 0 Å². The number of nitrogens with one attached hydrogen (secondary N) is 1. The molecule has 0 unspecified atom stereocenters. The van der Waals surface area contributed by atoms with E-state index in [9.17, 15) is 4.79 Å². The molecular formula is C17H28N2O3. The Kier molecular flexibility index (Phi) is 6.68. The van der Waals surface area contributed by atoms with E-state index in [4.69, 9.17) is 9.47 Å². The zero-order valence-electron chi connectivity index (χ0n) is 14.5. The number of benzene rings is 1. The van der Waals surface area contributed by atoms with Gasteiger partial charge in [0.05, 0.1) is 6.61 Å². The first-order valence-corrected chi connectivity index (χ1v) is 7.55. The molecule has 1 rings (SSSR count). The fraction of sp³-hybridized carbons (Fsp3) is 0.588. The van der Waals surface area contributed by atoms with Crippen LogP contribution in [-0.2, 0) is 0 Å². The predicted octanol–water partition coefficient (Wildman–Crippen LogP) is 3.21. The summed E-state index contributed by atoms with van der Waals surface area (Å²) in [5.74, 6) is 1.04. The van der Waals surface area contributed by atoms with Crippen LogP contribution in [0.2, 0.25) is 0 Å². The van der Waals surface area contributed by atoms with Gasteiger partial charge >= 0.3 is 6.09 Å². The van der Waals surface area contributed by atoms with Crippen molar-refractivity contribution in [2.75, 3.05) is 27.2 Å². The molecule has 0 bridgehead atoms. The molecule has 0 saturated heterocycles. The molecule has 1 aromatic rings. The highest BCUT2D eigenvalue weighted by Gasteiger charge is 2.17. The van der Waals surface area contributed by atoms with Crippen molar-refractivity contribution < 1.29 is 14.3 Å². The number of nitrogens with zero attached hydrogens (tertiary/aromatic N) is 1. The van der Waals surface area contributed by atoms with E-state index in [-0.39, 0.29) is 5.54 Å². The van der Waals surface area contributed by atoms with Crippen LogP contribution in [0.3, 0.4) is 0 Å². The molecule has 0 spiro atoms. The molecule has 124 valence electrons. The molecule has 1 aromatic carbocycles. The Bertz CT molecular complexity index is 493. The molecule has 0 saturated carbocycles. The summed E-state index contributed by atoms with van der Waals surface area (Å²) in [6.45, 7) is 9.20. The smallest absolute Gasteiger partial charge is 0.413 e. The minimum atomic E-state index is -0.476. The number of hydrogen-bond acceptors (Lipinski definition) is 4. The quantitative estimate of drug-likeness (QED) is 0.820. The number of amides is 1. The van der Waals surface area contributed by atoms with E-state index >= 15 is 0 Å². The summed E-state index contributed by atoms with van der Waals surface area (Å²) in [5, 5.41) is 2.77. The first-order chi connectivity index (χ1) is 10.2. The van der Waals surface area contributed by atoms with E-state index < -0.39 is 6.09 Å².